The smallest absolute Gasteiger partial charge is 0.253 e. The molecule has 0 radical (unpaired) electrons. The minimum Gasteiger partial charge on any atom is -0.394 e. The molecule has 1 atom stereocenters. The second-order valence-corrected chi connectivity index (χ2v) is 6.58. The van der Waals surface area contributed by atoms with Gasteiger partial charge in [0, 0.05) is 30.3 Å². The van der Waals surface area contributed by atoms with Gasteiger partial charge in [-0.3, -0.25) is 4.79 Å². The molecule has 2 aliphatic heterocycles. The van der Waals surface area contributed by atoms with Gasteiger partial charge in [0.25, 0.3) is 5.91 Å². The molecule has 2 fully saturated rings. The van der Waals surface area contributed by atoms with E-state index >= 15 is 0 Å². The Bertz CT molecular complexity index is 552. The standard InChI is InChI=1S/C15H19FN2O3S/c16-13-7-11(18-8-12(9-19)21-10-15(18)20)1-2-14(13)17-3-5-22-6-4-17/h1-2,7,12,19H,3-6,8-10H2/t12-/m1/s1. The van der Waals surface area contributed by atoms with Crippen LogP contribution in [0.3, 0.4) is 0 Å². The highest BCUT2D eigenvalue weighted by Gasteiger charge is 2.27. The lowest BCUT2D eigenvalue weighted by Crippen LogP contribution is -2.48. The molecule has 7 heteroatoms. The zero-order valence-corrected chi connectivity index (χ0v) is 13.0. The average molecular weight is 326 g/mol. The summed E-state index contributed by atoms with van der Waals surface area (Å²) >= 11 is 1.87. The molecule has 5 nitrogen and oxygen atoms in total. The highest BCUT2D eigenvalue weighted by molar-refractivity contribution is 7.99. The van der Waals surface area contributed by atoms with Crippen molar-refractivity contribution in [1.29, 1.82) is 0 Å². The molecule has 1 aromatic carbocycles. The Morgan fingerprint density at radius 2 is 2.14 bits per heavy atom. The van der Waals surface area contributed by atoms with Crippen LogP contribution < -0.4 is 9.80 Å². The van der Waals surface area contributed by atoms with Gasteiger partial charge >= 0.3 is 0 Å². The molecule has 2 aliphatic rings. The number of halogens is 1. The van der Waals surface area contributed by atoms with Crippen LogP contribution in [0, 0.1) is 5.82 Å². The summed E-state index contributed by atoms with van der Waals surface area (Å²) in [6, 6.07) is 4.89. The van der Waals surface area contributed by atoms with Crippen LogP contribution in [-0.2, 0) is 9.53 Å². The Labute approximate surface area is 133 Å². The Hall–Kier alpha value is -1.31. The van der Waals surface area contributed by atoms with Gasteiger partial charge in [0.15, 0.2) is 0 Å². The van der Waals surface area contributed by atoms with E-state index in [0.29, 0.717) is 11.4 Å². The minimum atomic E-state index is -0.417. The van der Waals surface area contributed by atoms with Gasteiger partial charge in [-0.25, -0.2) is 4.39 Å². The van der Waals surface area contributed by atoms with Crippen LogP contribution >= 0.6 is 11.8 Å². The molecule has 3 rings (SSSR count). The number of rotatable bonds is 3. The summed E-state index contributed by atoms with van der Waals surface area (Å²) in [5.74, 6) is 1.47. The van der Waals surface area contributed by atoms with Crippen molar-refractivity contribution in [2.45, 2.75) is 6.10 Å². The fourth-order valence-electron chi connectivity index (χ4n) is 2.71. The maximum atomic E-state index is 14.4. The Kier molecular flexibility index (Phi) is 4.85. The van der Waals surface area contributed by atoms with Gasteiger partial charge in [-0.2, -0.15) is 11.8 Å². The van der Waals surface area contributed by atoms with E-state index in [4.69, 9.17) is 9.84 Å². The number of aliphatic hydroxyl groups excluding tert-OH is 1. The lowest BCUT2D eigenvalue weighted by atomic mass is 10.2. The van der Waals surface area contributed by atoms with Crippen LogP contribution in [-0.4, -0.2) is 61.5 Å². The fourth-order valence-corrected chi connectivity index (χ4v) is 3.61. The summed E-state index contributed by atoms with van der Waals surface area (Å²) in [7, 11) is 0. The third-order valence-corrected chi connectivity index (χ3v) is 4.87. The number of aliphatic hydroxyl groups is 1. The van der Waals surface area contributed by atoms with E-state index in [-0.39, 0.29) is 31.5 Å². The van der Waals surface area contributed by atoms with Crippen LogP contribution in [0.1, 0.15) is 0 Å². The van der Waals surface area contributed by atoms with E-state index < -0.39 is 6.10 Å². The van der Waals surface area contributed by atoms with E-state index in [1.807, 2.05) is 16.7 Å². The number of carbonyl (C=O) groups excluding carboxylic acids is 1. The first-order valence-electron chi connectivity index (χ1n) is 7.34. The molecule has 0 aromatic heterocycles. The highest BCUT2D eigenvalue weighted by Crippen LogP contribution is 2.28. The summed E-state index contributed by atoms with van der Waals surface area (Å²) in [4.78, 5) is 15.4. The first-order valence-corrected chi connectivity index (χ1v) is 8.49. The van der Waals surface area contributed by atoms with Crippen molar-refractivity contribution in [3.05, 3.63) is 24.0 Å². The number of morpholine rings is 1. The van der Waals surface area contributed by atoms with Crippen LogP contribution in [0.25, 0.3) is 0 Å². The number of anilines is 2. The zero-order chi connectivity index (χ0) is 15.5. The molecule has 0 unspecified atom stereocenters. The van der Waals surface area contributed by atoms with Gasteiger partial charge < -0.3 is 19.6 Å². The maximum absolute atomic E-state index is 14.4. The van der Waals surface area contributed by atoms with Crippen molar-refractivity contribution >= 4 is 29.0 Å². The van der Waals surface area contributed by atoms with Gasteiger partial charge in [0.05, 0.1) is 24.9 Å². The third kappa shape index (κ3) is 3.21. The van der Waals surface area contributed by atoms with Crippen LogP contribution in [0.15, 0.2) is 18.2 Å². The summed E-state index contributed by atoms with van der Waals surface area (Å²) in [5.41, 5.74) is 1.10. The largest absolute Gasteiger partial charge is 0.394 e. The van der Waals surface area contributed by atoms with Crippen molar-refractivity contribution in [3.8, 4) is 0 Å². The van der Waals surface area contributed by atoms with E-state index in [1.165, 1.54) is 11.0 Å². The van der Waals surface area contributed by atoms with E-state index in [2.05, 4.69) is 0 Å². The number of benzene rings is 1. The SMILES string of the molecule is O=C1CO[C@@H](CO)CN1c1ccc(N2CCSCC2)c(F)c1. The maximum Gasteiger partial charge on any atom is 0.253 e. The zero-order valence-electron chi connectivity index (χ0n) is 12.2. The van der Waals surface area contributed by atoms with Crippen LogP contribution in [0.2, 0.25) is 0 Å². The summed E-state index contributed by atoms with van der Waals surface area (Å²) in [6.45, 7) is 1.68. The van der Waals surface area contributed by atoms with Crippen molar-refractivity contribution in [1.82, 2.24) is 0 Å². The molecular formula is C15H19FN2O3S. The number of nitrogens with zero attached hydrogens (tertiary/aromatic N) is 2. The normalized spacial score (nSPS) is 23.0. The second kappa shape index (κ2) is 6.85. The molecule has 120 valence electrons. The molecule has 0 bridgehead atoms. The molecule has 2 heterocycles. The summed E-state index contributed by atoms with van der Waals surface area (Å²) in [5, 5.41) is 9.17. The van der Waals surface area contributed by atoms with Crippen molar-refractivity contribution in [2.24, 2.45) is 0 Å². The molecule has 1 aromatic rings. The summed E-state index contributed by atoms with van der Waals surface area (Å²) in [6.07, 6.45) is -0.417. The van der Waals surface area contributed by atoms with E-state index in [0.717, 1.165) is 24.6 Å². The monoisotopic (exact) mass is 326 g/mol. The van der Waals surface area contributed by atoms with Gasteiger partial charge in [-0.1, -0.05) is 0 Å². The Morgan fingerprint density at radius 3 is 2.82 bits per heavy atom. The second-order valence-electron chi connectivity index (χ2n) is 5.36. The first-order chi connectivity index (χ1) is 10.7. The van der Waals surface area contributed by atoms with Gasteiger partial charge in [0.1, 0.15) is 12.4 Å². The number of hydrogen-bond donors (Lipinski definition) is 1. The lowest BCUT2D eigenvalue weighted by Gasteiger charge is -2.33. The predicted molar refractivity (Wildman–Crippen MR) is 85.1 cm³/mol. The van der Waals surface area contributed by atoms with Crippen LogP contribution in [0.4, 0.5) is 15.8 Å². The number of amides is 1. The third-order valence-electron chi connectivity index (χ3n) is 3.93. The molecule has 2 saturated heterocycles. The van der Waals surface area contributed by atoms with Crippen molar-refractivity contribution in [2.75, 3.05) is 54.2 Å². The molecule has 1 N–H and O–H groups in total. The predicted octanol–water partition coefficient (Wildman–Crippen LogP) is 1.10. The molecule has 22 heavy (non-hydrogen) atoms. The molecule has 1 amide bonds. The number of thioether (sulfide) groups is 1. The number of ether oxygens (including phenoxy) is 1. The number of hydrogen-bond acceptors (Lipinski definition) is 5. The molecule has 0 aliphatic carbocycles. The topological polar surface area (TPSA) is 53.0 Å². The van der Waals surface area contributed by atoms with E-state index in [1.54, 1.807) is 12.1 Å². The van der Waals surface area contributed by atoms with E-state index in [9.17, 15) is 9.18 Å². The highest BCUT2D eigenvalue weighted by atomic mass is 32.2. The van der Waals surface area contributed by atoms with Crippen LogP contribution in [0.5, 0.6) is 0 Å². The minimum absolute atomic E-state index is 0.0854. The van der Waals surface area contributed by atoms with Gasteiger partial charge in [-0.05, 0) is 18.2 Å². The van der Waals surface area contributed by atoms with Gasteiger partial charge in [0.2, 0.25) is 0 Å². The Balaban J connectivity index is 1.80. The summed E-state index contributed by atoms with van der Waals surface area (Å²) < 4.78 is 19.6. The quantitative estimate of drug-likeness (QED) is 0.902. The van der Waals surface area contributed by atoms with Gasteiger partial charge in [-0.15, -0.1) is 0 Å². The molecule has 0 saturated carbocycles. The fraction of sp³-hybridized carbons (Fsp3) is 0.533. The molecule has 0 spiro atoms. The van der Waals surface area contributed by atoms with Crippen molar-refractivity contribution in [3.63, 3.8) is 0 Å². The average Bonchev–Trinajstić information content (AvgIpc) is 2.56. The molecular weight excluding hydrogens is 307 g/mol. The number of carbonyl (C=O) groups is 1. The Morgan fingerprint density at radius 1 is 1.36 bits per heavy atom. The van der Waals surface area contributed by atoms with Crippen molar-refractivity contribution < 1.29 is 19.0 Å². The lowest BCUT2D eigenvalue weighted by molar-refractivity contribution is -0.130. The first kappa shape index (κ1) is 15.6.